The van der Waals surface area contributed by atoms with E-state index < -0.39 is 17.6 Å². The van der Waals surface area contributed by atoms with Gasteiger partial charge in [0.05, 0.1) is 35.7 Å². The fourth-order valence-electron chi connectivity index (χ4n) is 4.13. The summed E-state index contributed by atoms with van der Waals surface area (Å²) in [6.45, 7) is 3.80. The molecule has 10 nitrogen and oxygen atoms in total. The molecule has 0 atom stereocenters. The van der Waals surface area contributed by atoms with Crippen LogP contribution in [0.1, 0.15) is 31.9 Å². The Hall–Kier alpha value is -3.41. The van der Waals surface area contributed by atoms with Crippen molar-refractivity contribution in [2.75, 3.05) is 31.6 Å². The van der Waals surface area contributed by atoms with Crippen LogP contribution in [-0.2, 0) is 14.3 Å². The molecular weight excluding hydrogens is 453 g/mol. The molecule has 2 aromatic heterocycles. The Labute approximate surface area is 201 Å². The van der Waals surface area contributed by atoms with Gasteiger partial charge >= 0.3 is 0 Å². The van der Waals surface area contributed by atoms with Gasteiger partial charge in [-0.15, -0.1) is 0 Å². The summed E-state index contributed by atoms with van der Waals surface area (Å²) >= 11 is 0. The number of nitrogens with two attached hydrogens (primary N) is 1. The minimum Gasteiger partial charge on any atom is -0.369 e. The molecule has 1 amide bonds. The van der Waals surface area contributed by atoms with Gasteiger partial charge in [-0.05, 0) is 63.2 Å². The summed E-state index contributed by atoms with van der Waals surface area (Å²) in [4.78, 5) is 28.8. The molecule has 0 saturated carbocycles. The summed E-state index contributed by atoms with van der Waals surface area (Å²) in [7, 11) is 0. The van der Waals surface area contributed by atoms with Crippen molar-refractivity contribution >= 4 is 11.9 Å². The first-order valence-corrected chi connectivity index (χ1v) is 11.6. The van der Waals surface area contributed by atoms with Crippen molar-refractivity contribution in [1.82, 2.24) is 25.3 Å². The van der Waals surface area contributed by atoms with Crippen molar-refractivity contribution < 1.29 is 18.7 Å². The minimum absolute atomic E-state index is 0.104. The third kappa shape index (κ3) is 5.02. The molecule has 35 heavy (non-hydrogen) atoms. The van der Waals surface area contributed by atoms with Crippen LogP contribution in [0.4, 0.5) is 10.3 Å². The van der Waals surface area contributed by atoms with Gasteiger partial charge in [0, 0.05) is 17.8 Å². The first-order chi connectivity index (χ1) is 16.9. The van der Waals surface area contributed by atoms with E-state index in [0.717, 1.165) is 25.9 Å². The molecule has 0 unspecified atom stereocenters. The number of hydrogen-bond donors (Lipinski definition) is 4. The number of benzene rings is 1. The second kappa shape index (κ2) is 9.68. The lowest BCUT2D eigenvalue weighted by Crippen LogP contribution is -2.46. The zero-order valence-electron chi connectivity index (χ0n) is 19.4. The maximum absolute atomic E-state index is 13.6. The number of anilines is 1. The van der Waals surface area contributed by atoms with Crippen molar-refractivity contribution in [2.45, 2.75) is 32.1 Å². The minimum atomic E-state index is -0.909. The monoisotopic (exact) mass is 481 g/mol. The molecule has 5 N–H and O–H groups in total. The van der Waals surface area contributed by atoms with Gasteiger partial charge in [0.15, 0.2) is 5.82 Å². The number of carbonyl (C=O) groups excluding carboxylic acids is 1. The molecular formula is C24H28FN7O3. The molecule has 0 aliphatic carbocycles. The van der Waals surface area contributed by atoms with Crippen LogP contribution in [0, 0.1) is 11.2 Å². The van der Waals surface area contributed by atoms with Crippen LogP contribution in [0.2, 0.25) is 0 Å². The van der Waals surface area contributed by atoms with Crippen LogP contribution in [0.5, 0.6) is 0 Å². The Morgan fingerprint density at radius 1 is 1.14 bits per heavy atom. The number of ether oxygens (including phenoxy) is 2. The first kappa shape index (κ1) is 23.3. The smallest absolute Gasteiger partial charge is 0.228 e. The average molecular weight is 482 g/mol. The van der Waals surface area contributed by atoms with Gasteiger partial charge in [0.25, 0.3) is 0 Å². The highest BCUT2D eigenvalue weighted by Crippen LogP contribution is 2.35. The van der Waals surface area contributed by atoms with Crippen LogP contribution < -0.4 is 16.4 Å². The topological polar surface area (TPSA) is 140 Å². The third-order valence-electron chi connectivity index (χ3n) is 6.35. The number of imidazole rings is 1. The number of carbonyl (C=O) groups is 1. The lowest BCUT2D eigenvalue weighted by molar-refractivity contribution is -0.230. The number of aromatic nitrogens is 4. The van der Waals surface area contributed by atoms with Crippen LogP contribution in [0.25, 0.3) is 22.6 Å². The Morgan fingerprint density at radius 3 is 2.54 bits per heavy atom. The van der Waals surface area contributed by atoms with Crippen molar-refractivity contribution in [1.29, 1.82) is 0 Å². The van der Waals surface area contributed by atoms with Crippen molar-refractivity contribution in [3.05, 3.63) is 48.2 Å². The summed E-state index contributed by atoms with van der Waals surface area (Å²) in [6.07, 6.45) is 2.85. The number of H-pyrrole nitrogens is 1. The number of nitrogens with one attached hydrogen (secondary N) is 3. The number of primary amides is 1. The van der Waals surface area contributed by atoms with E-state index in [1.54, 1.807) is 31.3 Å². The van der Waals surface area contributed by atoms with E-state index in [2.05, 4.69) is 20.6 Å². The van der Waals surface area contributed by atoms with Crippen molar-refractivity contribution in [3.63, 3.8) is 0 Å². The number of piperidine rings is 1. The molecule has 1 aromatic carbocycles. The predicted octanol–water partition coefficient (Wildman–Crippen LogP) is 2.37. The molecule has 0 radical (unpaired) electrons. The van der Waals surface area contributed by atoms with Gasteiger partial charge in [-0.1, -0.05) is 0 Å². The number of hydrogen-bond acceptors (Lipinski definition) is 8. The normalized spacial score (nSPS) is 23.2. The molecule has 2 aliphatic heterocycles. The van der Waals surface area contributed by atoms with Crippen molar-refractivity contribution in [2.24, 2.45) is 11.1 Å². The lowest BCUT2D eigenvalue weighted by Gasteiger charge is -2.34. The van der Waals surface area contributed by atoms with E-state index in [-0.39, 0.29) is 19.0 Å². The zero-order chi connectivity index (χ0) is 24.4. The van der Waals surface area contributed by atoms with Crippen molar-refractivity contribution in [3.8, 4) is 22.6 Å². The standard InChI is InChI=1S/C24H28FN7O3/c1-24(22(26)33)12-34-21(35-13-24)20-31-18(14-2-4-15(25)5-3-14)19(32-20)17-8-11-28-23(30-17)29-16-6-9-27-10-7-16/h2-5,8,11,16,21,27H,6-7,9-10,12-13H2,1H3,(H2,26,33)(H,31,32)(H,28,29,30). The molecule has 0 bridgehead atoms. The highest BCUT2D eigenvalue weighted by atomic mass is 19.1. The maximum Gasteiger partial charge on any atom is 0.228 e. The first-order valence-electron chi connectivity index (χ1n) is 11.6. The molecule has 0 spiro atoms. The molecule has 4 heterocycles. The summed E-state index contributed by atoms with van der Waals surface area (Å²) in [6, 6.07) is 8.14. The van der Waals surface area contributed by atoms with Crippen LogP contribution >= 0.6 is 0 Å². The van der Waals surface area contributed by atoms with Gasteiger partial charge in [-0.2, -0.15) is 0 Å². The summed E-state index contributed by atoms with van der Waals surface area (Å²) < 4.78 is 25.2. The lowest BCUT2D eigenvalue weighted by atomic mass is 9.91. The van der Waals surface area contributed by atoms with E-state index in [1.807, 2.05) is 0 Å². The fraction of sp³-hybridized carbons (Fsp3) is 0.417. The number of aromatic amines is 1. The summed E-state index contributed by atoms with van der Waals surface area (Å²) in [5.41, 5.74) is 7.09. The number of rotatable bonds is 6. The second-order valence-electron chi connectivity index (χ2n) is 9.17. The molecule has 11 heteroatoms. The Morgan fingerprint density at radius 2 is 1.86 bits per heavy atom. The average Bonchev–Trinajstić information content (AvgIpc) is 3.31. The van der Waals surface area contributed by atoms with E-state index in [4.69, 9.17) is 25.2 Å². The Bertz CT molecular complexity index is 1190. The Kier molecular flexibility index (Phi) is 6.46. The van der Waals surface area contributed by atoms with Gasteiger partial charge in [-0.3, -0.25) is 4.79 Å². The van der Waals surface area contributed by atoms with Crippen LogP contribution in [0.15, 0.2) is 36.5 Å². The van der Waals surface area contributed by atoms with Crippen LogP contribution in [-0.4, -0.2) is 58.2 Å². The predicted molar refractivity (Wildman–Crippen MR) is 126 cm³/mol. The molecule has 5 rings (SSSR count). The van der Waals surface area contributed by atoms with E-state index in [1.165, 1.54) is 12.1 Å². The number of nitrogens with zero attached hydrogens (tertiary/aromatic N) is 3. The van der Waals surface area contributed by atoms with E-state index in [0.29, 0.717) is 40.5 Å². The summed E-state index contributed by atoms with van der Waals surface area (Å²) in [5.74, 6) is 0.111. The molecule has 184 valence electrons. The highest BCUT2D eigenvalue weighted by molar-refractivity contribution is 5.81. The maximum atomic E-state index is 13.6. The fourth-order valence-corrected chi connectivity index (χ4v) is 4.13. The molecule has 3 aromatic rings. The summed E-state index contributed by atoms with van der Waals surface area (Å²) in [5, 5.41) is 6.75. The molecule has 2 saturated heterocycles. The van der Waals surface area contributed by atoms with Gasteiger partial charge in [-0.25, -0.2) is 19.3 Å². The third-order valence-corrected chi connectivity index (χ3v) is 6.35. The van der Waals surface area contributed by atoms with Gasteiger partial charge in [0.1, 0.15) is 5.82 Å². The SMILES string of the molecule is CC1(C(N)=O)COC(c2nc(-c3ccc(F)cc3)c(-c3ccnc(NC4CCNCC4)n3)[nH]2)OC1. The highest BCUT2D eigenvalue weighted by Gasteiger charge is 2.39. The van der Waals surface area contributed by atoms with Gasteiger partial charge < -0.3 is 30.8 Å². The van der Waals surface area contributed by atoms with E-state index >= 15 is 0 Å². The quantitative estimate of drug-likeness (QED) is 0.421. The largest absolute Gasteiger partial charge is 0.369 e. The van der Waals surface area contributed by atoms with E-state index in [9.17, 15) is 9.18 Å². The molecule has 2 fully saturated rings. The number of amides is 1. The van der Waals surface area contributed by atoms with Gasteiger partial charge in [0.2, 0.25) is 18.1 Å². The van der Waals surface area contributed by atoms with Crippen LogP contribution in [0.3, 0.4) is 0 Å². The molecule has 2 aliphatic rings. The Balaban J connectivity index is 1.47. The second-order valence-corrected chi connectivity index (χ2v) is 9.17. The zero-order valence-corrected chi connectivity index (χ0v) is 19.4. The number of halogens is 1.